The van der Waals surface area contributed by atoms with Gasteiger partial charge in [-0.3, -0.25) is 15.0 Å². The van der Waals surface area contributed by atoms with Crippen molar-refractivity contribution in [3.8, 4) is 0 Å². The number of nitrogens with one attached hydrogen (secondary N) is 2. The monoisotopic (exact) mass is 259 g/mol. The number of amides is 1. The minimum absolute atomic E-state index is 0.0659. The summed E-state index contributed by atoms with van der Waals surface area (Å²) >= 11 is 0. The number of rotatable bonds is 4. The van der Waals surface area contributed by atoms with Crippen LogP contribution in [0.4, 0.5) is 0 Å². The van der Waals surface area contributed by atoms with E-state index in [-0.39, 0.29) is 18.1 Å². The zero-order valence-electron chi connectivity index (χ0n) is 11.3. The summed E-state index contributed by atoms with van der Waals surface area (Å²) in [5.41, 5.74) is 4.82. The number of nitrogens with zero attached hydrogens (tertiary/aromatic N) is 1. The largest absolute Gasteiger partial charge is 0.352 e. The Morgan fingerprint density at radius 1 is 1.26 bits per heavy atom. The van der Waals surface area contributed by atoms with Crippen LogP contribution in [0, 0.1) is 0 Å². The molecular formula is C14H17N3O2. The van der Waals surface area contributed by atoms with Crippen LogP contribution in [0.25, 0.3) is 10.9 Å². The number of Topliss-reactive ketones (excluding diaryl/α,β-unsaturated/α-hetero) is 1. The lowest BCUT2D eigenvalue weighted by molar-refractivity contribution is -0.124. The smallest absolute Gasteiger partial charge is 0.238 e. The molecule has 0 bridgehead atoms. The van der Waals surface area contributed by atoms with Crippen LogP contribution < -0.4 is 5.43 Å². The Labute approximate surface area is 111 Å². The summed E-state index contributed by atoms with van der Waals surface area (Å²) < 4.78 is 0. The molecule has 0 aliphatic rings. The number of aromatic nitrogens is 1. The summed E-state index contributed by atoms with van der Waals surface area (Å²) in [5.74, 6) is -0.207. The molecule has 0 spiro atoms. The number of hydrogen-bond acceptors (Lipinski definition) is 3. The van der Waals surface area contributed by atoms with Crippen LogP contribution in [-0.4, -0.2) is 35.8 Å². The van der Waals surface area contributed by atoms with Gasteiger partial charge in [0.15, 0.2) is 5.78 Å². The average molecular weight is 259 g/mol. The van der Waals surface area contributed by atoms with Crippen molar-refractivity contribution in [1.29, 1.82) is 0 Å². The molecule has 5 nitrogen and oxygen atoms in total. The Balaban J connectivity index is 2.42. The van der Waals surface area contributed by atoms with E-state index in [1.54, 1.807) is 19.1 Å². The lowest BCUT2D eigenvalue weighted by Gasteiger charge is -2.11. The molecule has 1 amide bonds. The number of carbonyl (C=O) groups excluding carboxylic acids is 2. The first-order valence-electron chi connectivity index (χ1n) is 6.06. The lowest BCUT2D eigenvalue weighted by atomic mass is 10.1. The molecule has 0 radical (unpaired) electrons. The van der Waals surface area contributed by atoms with Crippen LogP contribution in [0.5, 0.6) is 0 Å². The normalized spacial score (nSPS) is 10.9. The van der Waals surface area contributed by atoms with Gasteiger partial charge < -0.3 is 4.98 Å². The fraction of sp³-hybridized carbons (Fsp3) is 0.286. The Hall–Kier alpha value is -2.14. The highest BCUT2D eigenvalue weighted by molar-refractivity contribution is 6.02. The van der Waals surface area contributed by atoms with E-state index in [2.05, 4.69) is 10.4 Å². The molecule has 1 aromatic heterocycles. The summed E-state index contributed by atoms with van der Waals surface area (Å²) in [6.45, 7) is 1.50. The van der Waals surface area contributed by atoms with E-state index in [1.807, 2.05) is 24.3 Å². The van der Waals surface area contributed by atoms with Crippen LogP contribution in [0.1, 0.15) is 23.0 Å². The molecule has 2 N–H and O–H groups in total. The van der Waals surface area contributed by atoms with Gasteiger partial charge in [0, 0.05) is 31.9 Å². The molecule has 1 heterocycles. The molecule has 5 heteroatoms. The molecular weight excluding hydrogens is 242 g/mol. The maximum atomic E-state index is 11.9. The molecule has 0 saturated carbocycles. The van der Waals surface area contributed by atoms with E-state index in [9.17, 15) is 9.59 Å². The number of hydrogen-bond donors (Lipinski definition) is 2. The summed E-state index contributed by atoms with van der Waals surface area (Å²) in [6.07, 6.45) is 0.178. The molecule has 100 valence electrons. The highest BCUT2D eigenvalue weighted by Gasteiger charge is 2.17. The van der Waals surface area contributed by atoms with Crippen LogP contribution >= 0.6 is 0 Å². The van der Waals surface area contributed by atoms with Gasteiger partial charge in [0.25, 0.3) is 0 Å². The van der Waals surface area contributed by atoms with Crippen molar-refractivity contribution in [3.05, 3.63) is 35.5 Å². The molecule has 0 aliphatic heterocycles. The molecule has 19 heavy (non-hydrogen) atoms. The Morgan fingerprint density at radius 3 is 2.58 bits per heavy atom. The number of para-hydroxylation sites is 1. The average Bonchev–Trinajstić information content (AvgIpc) is 2.67. The highest BCUT2D eigenvalue weighted by atomic mass is 16.2. The standard InChI is InChI=1S/C14H17N3O2/c1-9(18)14-11(8-13(19)16-17(2)3)10-6-4-5-7-12(10)15-14/h4-7,15H,8H2,1-3H3,(H,16,19). The first-order chi connectivity index (χ1) is 8.99. The van der Waals surface area contributed by atoms with Crippen LogP contribution in [-0.2, 0) is 11.2 Å². The van der Waals surface area contributed by atoms with Gasteiger partial charge in [-0.1, -0.05) is 18.2 Å². The van der Waals surface area contributed by atoms with Crippen molar-refractivity contribution in [1.82, 2.24) is 15.4 Å². The molecule has 0 atom stereocenters. The van der Waals surface area contributed by atoms with E-state index >= 15 is 0 Å². The van der Waals surface area contributed by atoms with Gasteiger partial charge in [-0.2, -0.15) is 0 Å². The molecule has 0 aliphatic carbocycles. The van der Waals surface area contributed by atoms with Crippen molar-refractivity contribution < 1.29 is 9.59 Å². The number of fused-ring (bicyclic) bond motifs is 1. The Kier molecular flexibility index (Phi) is 3.66. The molecule has 2 aromatic rings. The van der Waals surface area contributed by atoms with Gasteiger partial charge in [0.1, 0.15) is 0 Å². The van der Waals surface area contributed by atoms with E-state index in [1.165, 1.54) is 6.92 Å². The van der Waals surface area contributed by atoms with Gasteiger partial charge in [0.2, 0.25) is 5.91 Å². The van der Waals surface area contributed by atoms with Crippen molar-refractivity contribution in [3.63, 3.8) is 0 Å². The van der Waals surface area contributed by atoms with Crippen molar-refractivity contribution in [2.45, 2.75) is 13.3 Å². The third kappa shape index (κ3) is 2.82. The van der Waals surface area contributed by atoms with Crippen molar-refractivity contribution in [2.75, 3.05) is 14.1 Å². The van der Waals surface area contributed by atoms with E-state index in [0.29, 0.717) is 5.69 Å². The van der Waals surface area contributed by atoms with Gasteiger partial charge in [0.05, 0.1) is 12.1 Å². The van der Waals surface area contributed by atoms with Crippen LogP contribution in [0.15, 0.2) is 24.3 Å². The number of hydrazine groups is 1. The predicted octanol–water partition coefficient (Wildman–Crippen LogP) is 1.51. The molecule has 2 rings (SSSR count). The van der Waals surface area contributed by atoms with Crippen LogP contribution in [0.2, 0.25) is 0 Å². The fourth-order valence-electron chi connectivity index (χ4n) is 2.13. The molecule has 1 aromatic carbocycles. The number of aromatic amines is 1. The minimum Gasteiger partial charge on any atom is -0.352 e. The van der Waals surface area contributed by atoms with Gasteiger partial charge in [-0.05, 0) is 11.6 Å². The summed E-state index contributed by atoms with van der Waals surface area (Å²) in [7, 11) is 3.50. The molecule has 0 saturated heterocycles. The zero-order valence-corrected chi connectivity index (χ0v) is 11.3. The van der Waals surface area contributed by atoms with Crippen molar-refractivity contribution in [2.24, 2.45) is 0 Å². The Morgan fingerprint density at radius 2 is 1.95 bits per heavy atom. The van der Waals surface area contributed by atoms with E-state index < -0.39 is 0 Å². The van der Waals surface area contributed by atoms with Crippen LogP contribution in [0.3, 0.4) is 0 Å². The number of ketones is 1. The second-order valence-corrected chi connectivity index (χ2v) is 4.69. The second-order valence-electron chi connectivity index (χ2n) is 4.69. The highest BCUT2D eigenvalue weighted by Crippen LogP contribution is 2.23. The SMILES string of the molecule is CC(=O)c1[nH]c2ccccc2c1CC(=O)NN(C)C. The third-order valence-corrected chi connectivity index (χ3v) is 2.85. The zero-order chi connectivity index (χ0) is 14.0. The summed E-state index contributed by atoms with van der Waals surface area (Å²) in [5, 5.41) is 2.51. The quantitative estimate of drug-likeness (QED) is 0.646. The minimum atomic E-state index is -0.141. The van der Waals surface area contributed by atoms with Gasteiger partial charge in [-0.25, -0.2) is 5.01 Å². The third-order valence-electron chi connectivity index (χ3n) is 2.85. The van der Waals surface area contributed by atoms with Crippen molar-refractivity contribution >= 4 is 22.6 Å². The number of carbonyl (C=O) groups is 2. The maximum Gasteiger partial charge on any atom is 0.238 e. The fourth-order valence-corrected chi connectivity index (χ4v) is 2.13. The first kappa shape index (κ1) is 13.3. The van der Waals surface area contributed by atoms with E-state index in [4.69, 9.17) is 0 Å². The second kappa shape index (κ2) is 5.24. The molecule has 0 unspecified atom stereocenters. The molecule has 0 fully saturated rings. The summed E-state index contributed by atoms with van der Waals surface area (Å²) in [4.78, 5) is 26.6. The maximum absolute atomic E-state index is 11.9. The Bertz CT molecular complexity index is 629. The topological polar surface area (TPSA) is 65.2 Å². The number of benzene rings is 1. The van der Waals surface area contributed by atoms with Gasteiger partial charge in [-0.15, -0.1) is 0 Å². The van der Waals surface area contributed by atoms with E-state index in [0.717, 1.165) is 16.5 Å². The summed E-state index contributed by atoms with van der Waals surface area (Å²) in [6, 6.07) is 7.60. The van der Waals surface area contributed by atoms with Gasteiger partial charge >= 0.3 is 0 Å². The first-order valence-corrected chi connectivity index (χ1v) is 6.06. The predicted molar refractivity (Wildman–Crippen MR) is 73.8 cm³/mol. The number of H-pyrrole nitrogens is 1. The lowest BCUT2D eigenvalue weighted by Crippen LogP contribution is -2.37.